The van der Waals surface area contributed by atoms with Crippen LogP contribution in [-0.2, 0) is 6.54 Å². The van der Waals surface area contributed by atoms with E-state index >= 15 is 0 Å². The van der Waals surface area contributed by atoms with Crippen molar-refractivity contribution in [2.24, 2.45) is 5.92 Å². The maximum Gasteiger partial charge on any atom is 0.346 e. The molecule has 2 N–H and O–H groups in total. The van der Waals surface area contributed by atoms with Gasteiger partial charge < -0.3 is 10.4 Å². The molecule has 2 rings (SSSR count). The van der Waals surface area contributed by atoms with Gasteiger partial charge >= 0.3 is 5.97 Å². The van der Waals surface area contributed by atoms with E-state index < -0.39 is 5.97 Å². The third-order valence-electron chi connectivity index (χ3n) is 3.16. The van der Waals surface area contributed by atoms with Crippen molar-refractivity contribution in [3.05, 3.63) is 21.9 Å². The van der Waals surface area contributed by atoms with E-state index in [9.17, 15) is 4.79 Å². The van der Waals surface area contributed by atoms with E-state index in [1.807, 2.05) is 11.4 Å². The van der Waals surface area contributed by atoms with Crippen LogP contribution >= 0.6 is 11.3 Å². The van der Waals surface area contributed by atoms with Crippen LogP contribution in [0.2, 0.25) is 0 Å². The van der Waals surface area contributed by atoms with Crippen molar-refractivity contribution in [2.45, 2.75) is 32.2 Å². The van der Waals surface area contributed by atoms with E-state index in [1.54, 1.807) is 0 Å². The van der Waals surface area contributed by atoms with Crippen LogP contribution in [0.4, 0.5) is 0 Å². The van der Waals surface area contributed by atoms with Crippen LogP contribution in [0.3, 0.4) is 0 Å². The number of hydrogen-bond acceptors (Lipinski definition) is 3. The molecule has 1 aliphatic rings. The van der Waals surface area contributed by atoms with Crippen molar-refractivity contribution in [3.8, 4) is 0 Å². The fourth-order valence-corrected chi connectivity index (χ4v) is 3.05. The van der Waals surface area contributed by atoms with Crippen molar-refractivity contribution in [2.75, 3.05) is 6.54 Å². The van der Waals surface area contributed by atoms with E-state index in [4.69, 9.17) is 5.11 Å². The van der Waals surface area contributed by atoms with Gasteiger partial charge in [0, 0.05) is 6.54 Å². The van der Waals surface area contributed by atoms with Gasteiger partial charge in [-0.2, -0.15) is 0 Å². The molecule has 0 spiro atoms. The summed E-state index contributed by atoms with van der Waals surface area (Å²) in [5, 5.41) is 14.2. The molecule has 1 aromatic heterocycles. The summed E-state index contributed by atoms with van der Waals surface area (Å²) in [6.45, 7) is 1.70. The summed E-state index contributed by atoms with van der Waals surface area (Å²) in [4.78, 5) is 11.4. The van der Waals surface area contributed by atoms with Gasteiger partial charge in [-0.3, -0.25) is 0 Å². The van der Waals surface area contributed by atoms with Crippen molar-refractivity contribution in [1.29, 1.82) is 0 Å². The summed E-state index contributed by atoms with van der Waals surface area (Å²) >= 11 is 1.30. The highest BCUT2D eigenvalue weighted by molar-refractivity contribution is 7.12. The molecule has 88 valence electrons. The quantitative estimate of drug-likeness (QED) is 0.830. The molecule has 0 amide bonds. The zero-order chi connectivity index (χ0) is 11.4. The number of hydrogen-bond donors (Lipinski definition) is 2. The monoisotopic (exact) mass is 239 g/mol. The first-order valence-corrected chi connectivity index (χ1v) is 6.65. The minimum absolute atomic E-state index is 0.471. The van der Waals surface area contributed by atoms with Gasteiger partial charge in [0.25, 0.3) is 0 Å². The predicted molar refractivity (Wildman–Crippen MR) is 64.9 cm³/mol. The fraction of sp³-hybridized carbons (Fsp3) is 0.583. The lowest BCUT2D eigenvalue weighted by atomic mass is 10.1. The molecule has 0 aromatic carbocycles. The normalized spacial score (nSPS) is 16.8. The van der Waals surface area contributed by atoms with Crippen LogP contribution in [0.5, 0.6) is 0 Å². The number of carboxylic acid groups (broad SMARTS) is 1. The molecule has 0 aliphatic heterocycles. The summed E-state index contributed by atoms with van der Waals surface area (Å²) in [7, 11) is 0. The van der Waals surface area contributed by atoms with Gasteiger partial charge in [0.1, 0.15) is 4.88 Å². The molecule has 1 saturated carbocycles. The van der Waals surface area contributed by atoms with E-state index in [1.165, 1.54) is 37.0 Å². The van der Waals surface area contributed by atoms with Crippen LogP contribution in [0, 0.1) is 5.92 Å². The maximum atomic E-state index is 10.9. The Labute approximate surface area is 99.5 Å². The molecular weight excluding hydrogens is 222 g/mol. The molecule has 4 heteroatoms. The number of aromatic carboxylic acids is 1. The predicted octanol–water partition coefficient (Wildman–Crippen LogP) is 2.73. The van der Waals surface area contributed by atoms with Gasteiger partial charge in [0.2, 0.25) is 0 Å². The summed E-state index contributed by atoms with van der Waals surface area (Å²) in [5.74, 6) is -0.0143. The Bertz CT molecular complexity index is 356. The highest BCUT2D eigenvalue weighted by Crippen LogP contribution is 2.24. The molecular formula is C12H17NO2S. The van der Waals surface area contributed by atoms with E-state index in [0.717, 1.165) is 18.0 Å². The Morgan fingerprint density at radius 3 is 2.94 bits per heavy atom. The summed E-state index contributed by atoms with van der Waals surface area (Å²) in [6.07, 6.45) is 5.35. The van der Waals surface area contributed by atoms with Crippen LogP contribution in [-0.4, -0.2) is 17.6 Å². The molecule has 0 unspecified atom stereocenters. The molecule has 1 fully saturated rings. The van der Waals surface area contributed by atoms with Crippen LogP contribution in [0.15, 0.2) is 11.4 Å². The first kappa shape index (κ1) is 11.6. The number of carboxylic acids is 1. The Balaban J connectivity index is 1.80. The summed E-state index contributed by atoms with van der Waals surface area (Å²) < 4.78 is 0. The van der Waals surface area contributed by atoms with Crippen LogP contribution in [0.25, 0.3) is 0 Å². The highest BCUT2D eigenvalue weighted by atomic mass is 32.1. The topological polar surface area (TPSA) is 49.3 Å². The molecule has 0 bridgehead atoms. The van der Waals surface area contributed by atoms with E-state index in [-0.39, 0.29) is 0 Å². The fourth-order valence-electron chi connectivity index (χ4n) is 2.29. The van der Waals surface area contributed by atoms with Crippen LogP contribution < -0.4 is 5.32 Å². The molecule has 0 saturated heterocycles. The first-order valence-electron chi connectivity index (χ1n) is 5.77. The molecule has 16 heavy (non-hydrogen) atoms. The second-order valence-electron chi connectivity index (χ2n) is 4.36. The SMILES string of the molecule is O=C(O)c1sccc1CNCC1CCCC1. The van der Waals surface area contributed by atoms with Gasteiger partial charge in [-0.1, -0.05) is 12.8 Å². The van der Waals surface area contributed by atoms with Gasteiger partial charge in [0.05, 0.1) is 0 Å². The lowest BCUT2D eigenvalue weighted by Crippen LogP contribution is -2.21. The molecule has 1 aliphatic carbocycles. The summed E-state index contributed by atoms with van der Waals surface area (Å²) in [6, 6.07) is 1.90. The Morgan fingerprint density at radius 2 is 2.25 bits per heavy atom. The Morgan fingerprint density at radius 1 is 1.50 bits per heavy atom. The number of nitrogens with one attached hydrogen (secondary N) is 1. The lowest BCUT2D eigenvalue weighted by Gasteiger charge is -2.10. The zero-order valence-electron chi connectivity index (χ0n) is 9.24. The van der Waals surface area contributed by atoms with Crippen molar-refractivity contribution < 1.29 is 9.90 Å². The molecule has 3 nitrogen and oxygen atoms in total. The van der Waals surface area contributed by atoms with Crippen molar-refractivity contribution in [1.82, 2.24) is 5.32 Å². The number of carbonyl (C=O) groups is 1. The molecule has 0 radical (unpaired) electrons. The summed E-state index contributed by atoms with van der Waals surface area (Å²) in [5.41, 5.74) is 0.912. The van der Waals surface area contributed by atoms with Gasteiger partial charge in [-0.15, -0.1) is 11.3 Å². The van der Waals surface area contributed by atoms with E-state index in [0.29, 0.717) is 11.4 Å². The Hall–Kier alpha value is -0.870. The second kappa shape index (κ2) is 5.46. The van der Waals surface area contributed by atoms with Crippen LogP contribution in [0.1, 0.15) is 40.9 Å². The molecule has 0 atom stereocenters. The van der Waals surface area contributed by atoms with E-state index in [2.05, 4.69) is 5.32 Å². The van der Waals surface area contributed by atoms with Crippen molar-refractivity contribution >= 4 is 17.3 Å². The minimum Gasteiger partial charge on any atom is -0.477 e. The van der Waals surface area contributed by atoms with Gasteiger partial charge in [-0.05, 0) is 42.3 Å². The number of rotatable bonds is 5. The Kier molecular flexibility index (Phi) is 3.96. The third kappa shape index (κ3) is 2.83. The first-order chi connectivity index (χ1) is 7.77. The average molecular weight is 239 g/mol. The lowest BCUT2D eigenvalue weighted by molar-refractivity contribution is 0.0701. The zero-order valence-corrected chi connectivity index (χ0v) is 10.1. The number of thiophene rings is 1. The highest BCUT2D eigenvalue weighted by Gasteiger charge is 2.15. The molecule has 1 heterocycles. The van der Waals surface area contributed by atoms with Crippen molar-refractivity contribution in [3.63, 3.8) is 0 Å². The maximum absolute atomic E-state index is 10.9. The standard InChI is InChI=1S/C12H17NO2S/c14-12(15)11-10(5-6-16-11)8-13-7-9-3-1-2-4-9/h5-6,9,13H,1-4,7-8H2,(H,14,15). The third-order valence-corrected chi connectivity index (χ3v) is 4.11. The molecule has 1 aromatic rings. The smallest absolute Gasteiger partial charge is 0.346 e. The minimum atomic E-state index is -0.812. The average Bonchev–Trinajstić information content (AvgIpc) is 2.87. The second-order valence-corrected chi connectivity index (χ2v) is 5.28. The van der Waals surface area contributed by atoms with Gasteiger partial charge in [-0.25, -0.2) is 4.79 Å². The largest absolute Gasteiger partial charge is 0.477 e. The van der Waals surface area contributed by atoms with Gasteiger partial charge in [0.15, 0.2) is 0 Å².